The number of nitrogens with zero attached hydrogens (tertiary/aromatic N) is 2. The molecular weight excluding hydrogens is 168 g/mol. The van der Waals surface area contributed by atoms with Gasteiger partial charge in [0, 0.05) is 12.4 Å². The highest BCUT2D eigenvalue weighted by atomic mass is 16.5. The molecule has 2 rings (SSSR count). The third-order valence-electron chi connectivity index (χ3n) is 2.17. The van der Waals surface area contributed by atoms with E-state index >= 15 is 0 Å². The number of carbonyl (C=O) groups excluding carboxylic acids is 1. The van der Waals surface area contributed by atoms with Crippen molar-refractivity contribution in [2.75, 3.05) is 6.61 Å². The van der Waals surface area contributed by atoms with Crippen LogP contribution in [0, 0.1) is 5.41 Å². The molecule has 0 N–H and O–H groups in total. The summed E-state index contributed by atoms with van der Waals surface area (Å²) in [6, 6.07) is 2.06. The zero-order valence-electron chi connectivity index (χ0n) is 7.14. The summed E-state index contributed by atoms with van der Waals surface area (Å²) in [5, 5.41) is 0. The van der Waals surface area contributed by atoms with Crippen LogP contribution < -0.4 is 4.74 Å². The number of aldehydes is 1. The van der Waals surface area contributed by atoms with Gasteiger partial charge in [-0.15, -0.1) is 0 Å². The second kappa shape index (κ2) is 3.12. The topological polar surface area (TPSA) is 52.1 Å². The van der Waals surface area contributed by atoms with Crippen LogP contribution in [0.5, 0.6) is 6.01 Å². The van der Waals surface area contributed by atoms with Crippen molar-refractivity contribution in [2.45, 2.75) is 12.8 Å². The van der Waals surface area contributed by atoms with Crippen molar-refractivity contribution in [2.24, 2.45) is 5.41 Å². The summed E-state index contributed by atoms with van der Waals surface area (Å²) in [6.07, 6.45) is 6.04. The monoisotopic (exact) mass is 178 g/mol. The van der Waals surface area contributed by atoms with E-state index in [1.165, 1.54) is 0 Å². The van der Waals surface area contributed by atoms with Crippen molar-refractivity contribution in [3.63, 3.8) is 0 Å². The van der Waals surface area contributed by atoms with Gasteiger partial charge in [-0.05, 0) is 18.9 Å². The molecule has 0 unspecified atom stereocenters. The lowest BCUT2D eigenvalue weighted by Gasteiger charge is -2.06. The zero-order chi connectivity index (χ0) is 9.15. The SMILES string of the molecule is O=CC1(COc2ncccn2)CC1. The van der Waals surface area contributed by atoms with Crippen molar-refractivity contribution in [1.29, 1.82) is 0 Å². The minimum atomic E-state index is -0.237. The Balaban J connectivity index is 1.90. The van der Waals surface area contributed by atoms with Crippen LogP contribution in [0.15, 0.2) is 18.5 Å². The predicted octanol–water partition coefficient (Wildman–Crippen LogP) is 0.835. The normalized spacial score (nSPS) is 17.8. The smallest absolute Gasteiger partial charge is 0.316 e. The van der Waals surface area contributed by atoms with Crippen molar-refractivity contribution < 1.29 is 9.53 Å². The molecule has 1 aliphatic carbocycles. The van der Waals surface area contributed by atoms with Crippen molar-refractivity contribution in [3.8, 4) is 6.01 Å². The maximum Gasteiger partial charge on any atom is 0.316 e. The van der Waals surface area contributed by atoms with Gasteiger partial charge in [0.1, 0.15) is 12.9 Å². The van der Waals surface area contributed by atoms with Gasteiger partial charge >= 0.3 is 6.01 Å². The number of carbonyl (C=O) groups is 1. The summed E-state index contributed by atoms with van der Waals surface area (Å²) in [5.41, 5.74) is -0.237. The molecule has 1 saturated carbocycles. The van der Waals surface area contributed by atoms with E-state index in [2.05, 4.69) is 9.97 Å². The Labute approximate surface area is 76.0 Å². The van der Waals surface area contributed by atoms with Crippen molar-refractivity contribution in [3.05, 3.63) is 18.5 Å². The molecular formula is C9H10N2O2. The fraction of sp³-hybridized carbons (Fsp3) is 0.444. The van der Waals surface area contributed by atoms with Gasteiger partial charge in [-0.2, -0.15) is 0 Å². The van der Waals surface area contributed by atoms with Gasteiger partial charge in [0.05, 0.1) is 5.41 Å². The molecule has 0 spiro atoms. The van der Waals surface area contributed by atoms with E-state index in [9.17, 15) is 4.79 Å². The Morgan fingerprint density at radius 1 is 1.46 bits per heavy atom. The standard InChI is InChI=1S/C9H10N2O2/c12-6-9(2-3-9)7-13-8-10-4-1-5-11-8/h1,4-6H,2-3,7H2. The molecule has 13 heavy (non-hydrogen) atoms. The lowest BCUT2D eigenvalue weighted by Crippen LogP contribution is -2.15. The molecule has 1 aliphatic rings. The summed E-state index contributed by atoms with van der Waals surface area (Å²) >= 11 is 0. The molecule has 1 fully saturated rings. The third-order valence-corrected chi connectivity index (χ3v) is 2.17. The largest absolute Gasteiger partial charge is 0.462 e. The van der Waals surface area contributed by atoms with E-state index < -0.39 is 0 Å². The Kier molecular flexibility index (Phi) is 1.96. The van der Waals surface area contributed by atoms with Gasteiger partial charge in [-0.25, -0.2) is 9.97 Å². The van der Waals surface area contributed by atoms with Crippen LogP contribution in [0.25, 0.3) is 0 Å². The number of hydrogen-bond donors (Lipinski definition) is 0. The zero-order valence-corrected chi connectivity index (χ0v) is 7.14. The predicted molar refractivity (Wildman–Crippen MR) is 45.3 cm³/mol. The van der Waals surface area contributed by atoms with Crippen LogP contribution in [-0.2, 0) is 4.79 Å². The van der Waals surface area contributed by atoms with E-state index in [1.807, 2.05) is 0 Å². The molecule has 68 valence electrons. The summed E-state index contributed by atoms with van der Waals surface area (Å²) in [5.74, 6) is 0. The maximum absolute atomic E-state index is 10.6. The first kappa shape index (κ1) is 8.16. The molecule has 0 saturated heterocycles. The van der Waals surface area contributed by atoms with Gasteiger partial charge in [-0.3, -0.25) is 0 Å². The Morgan fingerprint density at radius 2 is 2.15 bits per heavy atom. The molecule has 0 aromatic carbocycles. The third kappa shape index (κ3) is 1.83. The molecule has 0 radical (unpaired) electrons. The van der Waals surface area contributed by atoms with Gasteiger partial charge in [0.15, 0.2) is 0 Å². The quantitative estimate of drug-likeness (QED) is 0.641. The van der Waals surface area contributed by atoms with E-state index in [-0.39, 0.29) is 5.41 Å². The first-order valence-corrected chi connectivity index (χ1v) is 4.21. The fourth-order valence-corrected chi connectivity index (χ4v) is 1.02. The number of rotatable bonds is 4. The summed E-state index contributed by atoms with van der Waals surface area (Å²) in [7, 11) is 0. The molecule has 4 nitrogen and oxygen atoms in total. The molecule has 0 bridgehead atoms. The van der Waals surface area contributed by atoms with Crippen LogP contribution in [0.3, 0.4) is 0 Å². The minimum absolute atomic E-state index is 0.237. The molecule has 4 heteroatoms. The molecule has 0 atom stereocenters. The van der Waals surface area contributed by atoms with Gasteiger partial charge in [0.25, 0.3) is 0 Å². The van der Waals surface area contributed by atoms with Crippen molar-refractivity contribution in [1.82, 2.24) is 9.97 Å². The molecule has 1 aromatic heterocycles. The number of aromatic nitrogens is 2. The van der Waals surface area contributed by atoms with E-state index in [0.29, 0.717) is 12.6 Å². The van der Waals surface area contributed by atoms with E-state index in [1.54, 1.807) is 18.5 Å². The Morgan fingerprint density at radius 3 is 2.69 bits per heavy atom. The maximum atomic E-state index is 10.6. The lowest BCUT2D eigenvalue weighted by molar-refractivity contribution is -0.113. The average Bonchev–Trinajstić information content (AvgIpc) is 2.97. The van der Waals surface area contributed by atoms with Crippen LogP contribution in [-0.4, -0.2) is 22.9 Å². The molecule has 0 aliphatic heterocycles. The van der Waals surface area contributed by atoms with Crippen LogP contribution >= 0.6 is 0 Å². The average molecular weight is 178 g/mol. The van der Waals surface area contributed by atoms with Gasteiger partial charge < -0.3 is 9.53 Å². The minimum Gasteiger partial charge on any atom is -0.462 e. The van der Waals surface area contributed by atoms with E-state index in [0.717, 1.165) is 19.1 Å². The lowest BCUT2D eigenvalue weighted by atomic mass is 10.2. The summed E-state index contributed by atoms with van der Waals surface area (Å²) < 4.78 is 5.27. The summed E-state index contributed by atoms with van der Waals surface area (Å²) in [6.45, 7) is 0.403. The Bertz CT molecular complexity index is 296. The molecule has 1 aromatic rings. The second-order valence-corrected chi connectivity index (χ2v) is 3.30. The molecule has 1 heterocycles. The first-order valence-electron chi connectivity index (χ1n) is 4.21. The first-order chi connectivity index (χ1) is 6.35. The van der Waals surface area contributed by atoms with Gasteiger partial charge in [0.2, 0.25) is 0 Å². The second-order valence-electron chi connectivity index (χ2n) is 3.30. The van der Waals surface area contributed by atoms with Gasteiger partial charge in [-0.1, -0.05) is 0 Å². The summed E-state index contributed by atoms with van der Waals surface area (Å²) in [4.78, 5) is 18.4. The van der Waals surface area contributed by atoms with Crippen molar-refractivity contribution >= 4 is 6.29 Å². The van der Waals surface area contributed by atoms with E-state index in [4.69, 9.17) is 4.74 Å². The molecule has 0 amide bonds. The number of hydrogen-bond acceptors (Lipinski definition) is 4. The van der Waals surface area contributed by atoms with Crippen LogP contribution in [0.2, 0.25) is 0 Å². The fourth-order valence-electron chi connectivity index (χ4n) is 1.02. The Hall–Kier alpha value is -1.45. The highest BCUT2D eigenvalue weighted by Crippen LogP contribution is 2.43. The van der Waals surface area contributed by atoms with Crippen LogP contribution in [0.4, 0.5) is 0 Å². The van der Waals surface area contributed by atoms with Crippen LogP contribution in [0.1, 0.15) is 12.8 Å². The highest BCUT2D eigenvalue weighted by Gasteiger charge is 2.43. The number of ether oxygens (including phenoxy) is 1. The highest BCUT2D eigenvalue weighted by molar-refractivity contribution is 5.63.